The third-order valence-electron chi connectivity index (χ3n) is 3.86. The van der Waals surface area contributed by atoms with E-state index >= 15 is 0 Å². The maximum Gasteiger partial charge on any atom is 0.257 e. The maximum atomic E-state index is 13.0. The van der Waals surface area contributed by atoms with Gasteiger partial charge in [0.25, 0.3) is 5.91 Å². The summed E-state index contributed by atoms with van der Waals surface area (Å²) in [6.07, 6.45) is 2.83. The van der Waals surface area contributed by atoms with Crippen LogP contribution >= 0.6 is 0 Å². The summed E-state index contributed by atoms with van der Waals surface area (Å²) in [6, 6.07) is 13.9. The molecule has 0 aliphatic carbocycles. The van der Waals surface area contributed by atoms with Crippen molar-refractivity contribution in [1.82, 2.24) is 9.88 Å². The third-order valence-corrected chi connectivity index (χ3v) is 3.86. The minimum atomic E-state index is -0.385. The van der Waals surface area contributed by atoms with Gasteiger partial charge in [-0.25, -0.2) is 4.39 Å². The second-order valence-corrected chi connectivity index (χ2v) is 5.63. The Hall–Kier alpha value is -2.82. The summed E-state index contributed by atoms with van der Waals surface area (Å²) >= 11 is 0. The maximum absolute atomic E-state index is 13.0. The van der Waals surface area contributed by atoms with Gasteiger partial charge in [-0.05, 0) is 30.2 Å². The highest BCUT2D eigenvalue weighted by molar-refractivity contribution is 5.84. The van der Waals surface area contributed by atoms with Crippen molar-refractivity contribution in [1.29, 1.82) is 0 Å². The molecule has 0 bridgehead atoms. The summed E-state index contributed by atoms with van der Waals surface area (Å²) in [4.78, 5) is 11.8. The van der Waals surface area contributed by atoms with Gasteiger partial charge in [-0.2, -0.15) is 0 Å². The van der Waals surface area contributed by atoms with Crippen LogP contribution in [0.5, 0.6) is 5.75 Å². The number of nitrogens with zero attached hydrogens (tertiary/aromatic N) is 1. The Morgan fingerprint density at radius 2 is 2.04 bits per heavy atom. The van der Waals surface area contributed by atoms with Gasteiger partial charge in [0, 0.05) is 36.8 Å². The fourth-order valence-corrected chi connectivity index (χ4v) is 2.72. The van der Waals surface area contributed by atoms with Crippen molar-refractivity contribution in [2.45, 2.75) is 6.42 Å². The van der Waals surface area contributed by atoms with Crippen molar-refractivity contribution < 1.29 is 13.9 Å². The first-order chi connectivity index (χ1) is 11.6. The van der Waals surface area contributed by atoms with Gasteiger partial charge in [-0.15, -0.1) is 0 Å². The number of hydrogen-bond acceptors (Lipinski definition) is 2. The number of fused-ring (bicyclic) bond motifs is 1. The molecule has 0 aliphatic rings. The number of aromatic nitrogens is 1. The third kappa shape index (κ3) is 3.74. The first-order valence-corrected chi connectivity index (χ1v) is 7.81. The minimum Gasteiger partial charge on any atom is -0.484 e. The van der Waals surface area contributed by atoms with Crippen molar-refractivity contribution >= 4 is 16.8 Å². The standard InChI is InChI=1S/C19H19FN2O2/c1-22-12-14(17-7-2-3-8-18(17)22)9-10-21-19(23)13-24-16-6-4-5-15(20)11-16/h2-8,11-12H,9-10,13H2,1H3,(H,21,23). The van der Waals surface area contributed by atoms with E-state index in [1.165, 1.54) is 28.6 Å². The van der Waals surface area contributed by atoms with Crippen LogP contribution in [-0.4, -0.2) is 23.6 Å². The molecular weight excluding hydrogens is 307 g/mol. The molecule has 0 saturated heterocycles. The van der Waals surface area contributed by atoms with Gasteiger partial charge in [0.1, 0.15) is 11.6 Å². The number of rotatable bonds is 6. The largest absolute Gasteiger partial charge is 0.484 e. The fraction of sp³-hybridized carbons (Fsp3) is 0.211. The molecule has 3 aromatic rings. The van der Waals surface area contributed by atoms with E-state index in [2.05, 4.69) is 28.2 Å². The Bertz CT molecular complexity index is 857. The molecule has 1 heterocycles. The lowest BCUT2D eigenvalue weighted by molar-refractivity contribution is -0.123. The summed E-state index contributed by atoms with van der Waals surface area (Å²) in [5.74, 6) is -0.262. The molecule has 4 nitrogen and oxygen atoms in total. The second kappa shape index (κ2) is 7.17. The molecule has 0 aliphatic heterocycles. The highest BCUT2D eigenvalue weighted by atomic mass is 19.1. The van der Waals surface area contributed by atoms with Crippen molar-refractivity contribution in [2.75, 3.05) is 13.2 Å². The molecule has 0 unspecified atom stereocenters. The first kappa shape index (κ1) is 16.1. The molecule has 0 spiro atoms. The van der Waals surface area contributed by atoms with Gasteiger partial charge >= 0.3 is 0 Å². The molecule has 24 heavy (non-hydrogen) atoms. The van der Waals surface area contributed by atoms with E-state index in [0.29, 0.717) is 12.3 Å². The molecule has 1 amide bonds. The molecule has 0 saturated carbocycles. The molecule has 124 valence electrons. The SMILES string of the molecule is Cn1cc(CCNC(=O)COc2cccc(F)c2)c2ccccc21. The number of benzene rings is 2. The second-order valence-electron chi connectivity index (χ2n) is 5.63. The number of carbonyl (C=O) groups excluding carboxylic acids is 1. The van der Waals surface area contributed by atoms with Crippen molar-refractivity contribution in [3.05, 3.63) is 66.1 Å². The predicted octanol–water partition coefficient (Wildman–Crippen LogP) is 3.06. The van der Waals surface area contributed by atoms with E-state index in [1.807, 2.05) is 19.2 Å². The molecule has 0 fully saturated rings. The summed E-state index contributed by atoms with van der Waals surface area (Å²) < 4.78 is 20.4. The van der Waals surface area contributed by atoms with E-state index < -0.39 is 0 Å². The average Bonchev–Trinajstić information content (AvgIpc) is 2.90. The highest BCUT2D eigenvalue weighted by Gasteiger charge is 2.07. The smallest absolute Gasteiger partial charge is 0.257 e. The Balaban J connectivity index is 1.50. The van der Waals surface area contributed by atoms with Crippen molar-refractivity contribution in [3.63, 3.8) is 0 Å². The Morgan fingerprint density at radius 3 is 2.88 bits per heavy atom. The number of ether oxygens (including phenoxy) is 1. The zero-order valence-electron chi connectivity index (χ0n) is 13.5. The van der Waals surface area contributed by atoms with Gasteiger partial charge in [-0.1, -0.05) is 24.3 Å². The summed E-state index contributed by atoms with van der Waals surface area (Å²) in [7, 11) is 2.01. The van der Waals surface area contributed by atoms with Crippen LogP contribution in [0.3, 0.4) is 0 Å². The molecule has 1 aromatic heterocycles. The molecule has 5 heteroatoms. The lowest BCUT2D eigenvalue weighted by Gasteiger charge is -2.07. The van der Waals surface area contributed by atoms with E-state index in [4.69, 9.17) is 4.74 Å². The average molecular weight is 326 g/mol. The van der Waals surface area contributed by atoms with Crippen LogP contribution in [0.15, 0.2) is 54.7 Å². The minimum absolute atomic E-state index is 0.126. The van der Waals surface area contributed by atoms with Gasteiger partial charge in [0.15, 0.2) is 6.61 Å². The number of aryl methyl sites for hydroxylation is 1. The van der Waals surface area contributed by atoms with Crippen LogP contribution in [0.1, 0.15) is 5.56 Å². The monoisotopic (exact) mass is 326 g/mol. The van der Waals surface area contributed by atoms with Crippen LogP contribution in [0.25, 0.3) is 10.9 Å². The lowest BCUT2D eigenvalue weighted by Crippen LogP contribution is -2.30. The van der Waals surface area contributed by atoms with Gasteiger partial charge < -0.3 is 14.6 Å². The Kier molecular flexibility index (Phi) is 4.79. The van der Waals surface area contributed by atoms with Crippen LogP contribution in [0.2, 0.25) is 0 Å². The van der Waals surface area contributed by atoms with Gasteiger partial charge in [0.2, 0.25) is 0 Å². The van der Waals surface area contributed by atoms with E-state index in [9.17, 15) is 9.18 Å². The molecular formula is C19H19FN2O2. The number of para-hydroxylation sites is 1. The molecule has 1 N–H and O–H groups in total. The molecule has 3 rings (SSSR count). The zero-order valence-corrected chi connectivity index (χ0v) is 13.5. The number of amides is 1. The topological polar surface area (TPSA) is 43.3 Å². The summed E-state index contributed by atoms with van der Waals surface area (Å²) in [6.45, 7) is 0.401. The first-order valence-electron chi connectivity index (χ1n) is 7.81. The van der Waals surface area contributed by atoms with Gasteiger partial charge in [0.05, 0.1) is 0 Å². The van der Waals surface area contributed by atoms with Crippen molar-refractivity contribution in [2.24, 2.45) is 7.05 Å². The van der Waals surface area contributed by atoms with Gasteiger partial charge in [-0.3, -0.25) is 4.79 Å². The van der Waals surface area contributed by atoms with Crippen LogP contribution < -0.4 is 10.1 Å². The van der Waals surface area contributed by atoms with Crippen molar-refractivity contribution in [3.8, 4) is 5.75 Å². The van der Waals surface area contributed by atoms with Crippen LogP contribution in [-0.2, 0) is 18.3 Å². The molecule has 0 radical (unpaired) electrons. The van der Waals surface area contributed by atoms with E-state index in [1.54, 1.807) is 12.1 Å². The highest BCUT2D eigenvalue weighted by Crippen LogP contribution is 2.20. The predicted molar refractivity (Wildman–Crippen MR) is 91.5 cm³/mol. The van der Waals surface area contributed by atoms with E-state index in [0.717, 1.165) is 6.42 Å². The normalized spacial score (nSPS) is 10.8. The summed E-state index contributed by atoms with van der Waals surface area (Å²) in [5, 5.41) is 4.02. The number of nitrogens with one attached hydrogen (secondary N) is 1. The molecule has 2 aromatic carbocycles. The molecule has 0 atom stereocenters. The quantitative estimate of drug-likeness (QED) is 0.756. The van der Waals surface area contributed by atoms with Crippen LogP contribution in [0.4, 0.5) is 4.39 Å². The number of hydrogen-bond donors (Lipinski definition) is 1. The van der Waals surface area contributed by atoms with Crippen LogP contribution in [0, 0.1) is 5.82 Å². The zero-order chi connectivity index (χ0) is 16.9. The number of carbonyl (C=O) groups is 1. The Morgan fingerprint density at radius 1 is 1.21 bits per heavy atom. The Labute approximate surface area is 139 Å². The number of halogens is 1. The fourth-order valence-electron chi connectivity index (χ4n) is 2.72. The van der Waals surface area contributed by atoms with E-state index in [-0.39, 0.29) is 18.3 Å². The lowest BCUT2D eigenvalue weighted by atomic mass is 10.1. The summed E-state index contributed by atoms with van der Waals surface area (Å²) in [5.41, 5.74) is 2.37.